The van der Waals surface area contributed by atoms with E-state index in [2.05, 4.69) is 47.9 Å². The molecule has 0 unspecified atom stereocenters. The second-order valence-corrected chi connectivity index (χ2v) is 15.4. The van der Waals surface area contributed by atoms with Crippen molar-refractivity contribution in [2.75, 3.05) is 0 Å². The van der Waals surface area contributed by atoms with Gasteiger partial charge in [-0.3, -0.25) is 9.59 Å². The summed E-state index contributed by atoms with van der Waals surface area (Å²) >= 11 is 3.43. The molecule has 0 bridgehead atoms. The van der Waals surface area contributed by atoms with E-state index in [9.17, 15) is 14.4 Å². The highest BCUT2D eigenvalue weighted by Gasteiger charge is 2.89. The van der Waals surface area contributed by atoms with Gasteiger partial charge in [-0.15, -0.1) is 0 Å². The van der Waals surface area contributed by atoms with Crippen molar-refractivity contribution in [3.63, 3.8) is 0 Å². The molecule has 9 atom stereocenters. The summed E-state index contributed by atoms with van der Waals surface area (Å²) in [4.78, 5) is 44.7. The van der Waals surface area contributed by atoms with Gasteiger partial charge in [0.15, 0.2) is 5.78 Å². The number of esters is 1. The van der Waals surface area contributed by atoms with Crippen LogP contribution in [0, 0.1) is 33.5 Å². The maximum atomic E-state index is 13.2. The third-order valence-corrected chi connectivity index (χ3v) is 13.1. The van der Waals surface area contributed by atoms with Crippen LogP contribution in [0.4, 0.5) is 0 Å². The fourth-order valence-electron chi connectivity index (χ4n) is 10.4. The van der Waals surface area contributed by atoms with E-state index in [0.29, 0.717) is 22.2 Å². The van der Waals surface area contributed by atoms with Gasteiger partial charge in [0, 0.05) is 33.6 Å². The quantitative estimate of drug-likeness (QED) is 0.149. The SMILES string of the molecule is CC(=O)O[C@@H]1C[C@H]2C(C)(C)C(=O)C=C[C@]2(C)[C@H]2CC[C@@]3(C)[C@H](c4ccoc4)/C(=N\OC(=O)c4ccccc4Br)[C@H]4O[C@]43[C@@]21C. The molecule has 0 amide bonds. The van der Waals surface area contributed by atoms with Gasteiger partial charge in [0.1, 0.15) is 17.8 Å². The van der Waals surface area contributed by atoms with Gasteiger partial charge in [0.25, 0.3) is 0 Å². The maximum absolute atomic E-state index is 13.2. The number of epoxide rings is 1. The first-order chi connectivity index (χ1) is 20.7. The van der Waals surface area contributed by atoms with Crippen LogP contribution in [0.15, 0.2) is 69.1 Å². The third-order valence-electron chi connectivity index (χ3n) is 12.4. The van der Waals surface area contributed by atoms with Gasteiger partial charge in [-0.2, -0.15) is 0 Å². The molecule has 1 saturated heterocycles. The average Bonchev–Trinajstić information content (AvgIpc) is 3.41. The van der Waals surface area contributed by atoms with Crippen molar-refractivity contribution in [3.8, 4) is 0 Å². The molecule has 1 aromatic carbocycles. The second-order valence-electron chi connectivity index (χ2n) is 14.6. The summed E-state index contributed by atoms with van der Waals surface area (Å²) in [6, 6.07) is 9.01. The Morgan fingerprint density at radius 1 is 1.07 bits per heavy atom. The van der Waals surface area contributed by atoms with Gasteiger partial charge in [0.05, 0.1) is 23.8 Å². The van der Waals surface area contributed by atoms with E-state index >= 15 is 0 Å². The molecule has 4 fully saturated rings. The molecule has 0 N–H and O–H groups in total. The summed E-state index contributed by atoms with van der Waals surface area (Å²) < 4.78 is 19.3. The molecule has 4 aliphatic carbocycles. The highest BCUT2D eigenvalue weighted by molar-refractivity contribution is 9.10. The minimum absolute atomic E-state index is 0.0163. The number of rotatable bonds is 4. The van der Waals surface area contributed by atoms with Gasteiger partial charge in [-0.05, 0) is 82.3 Å². The lowest BCUT2D eigenvalue weighted by atomic mass is 9.36. The monoisotopic (exact) mass is 663 g/mol. The zero-order chi connectivity index (χ0) is 31.4. The van der Waals surface area contributed by atoms with Crippen molar-refractivity contribution in [2.45, 2.75) is 84.5 Å². The van der Waals surface area contributed by atoms with Crippen molar-refractivity contribution in [1.82, 2.24) is 0 Å². The molecule has 0 radical (unpaired) electrons. The molecule has 1 spiro atoms. The summed E-state index contributed by atoms with van der Waals surface area (Å²) in [5, 5.41) is 4.56. The number of ketones is 1. The highest BCUT2D eigenvalue weighted by atomic mass is 79.9. The molecule has 2 aromatic rings. The lowest BCUT2D eigenvalue weighted by Crippen LogP contribution is -2.70. The van der Waals surface area contributed by atoms with E-state index in [1.54, 1.807) is 36.8 Å². The Morgan fingerprint density at radius 3 is 2.50 bits per heavy atom. The first-order valence-electron chi connectivity index (χ1n) is 15.4. The van der Waals surface area contributed by atoms with Crippen molar-refractivity contribution in [1.29, 1.82) is 0 Å². The largest absolute Gasteiger partial charge is 0.472 e. The van der Waals surface area contributed by atoms with Crippen LogP contribution in [-0.2, 0) is 23.9 Å². The molecular formula is C35H38BrNO7. The number of hydrogen-bond donors (Lipinski definition) is 0. The Morgan fingerprint density at radius 2 is 1.82 bits per heavy atom. The number of halogens is 1. The predicted molar refractivity (Wildman–Crippen MR) is 165 cm³/mol. The smallest absolute Gasteiger partial charge is 0.366 e. The van der Waals surface area contributed by atoms with Crippen molar-refractivity contribution in [3.05, 3.63) is 70.6 Å². The van der Waals surface area contributed by atoms with E-state index in [-0.39, 0.29) is 34.9 Å². The van der Waals surface area contributed by atoms with Gasteiger partial charge in [-0.1, -0.05) is 58.0 Å². The van der Waals surface area contributed by atoms with Crippen LogP contribution in [0.25, 0.3) is 0 Å². The van der Waals surface area contributed by atoms with Crippen molar-refractivity contribution in [2.24, 2.45) is 38.7 Å². The van der Waals surface area contributed by atoms with Crippen LogP contribution in [-0.4, -0.2) is 41.2 Å². The van der Waals surface area contributed by atoms with Gasteiger partial charge >= 0.3 is 11.9 Å². The van der Waals surface area contributed by atoms with Gasteiger partial charge < -0.3 is 18.7 Å². The first kappa shape index (κ1) is 29.7. The first-order valence-corrected chi connectivity index (χ1v) is 16.2. The van der Waals surface area contributed by atoms with Crippen molar-refractivity contribution < 1.29 is 33.1 Å². The molecular weight excluding hydrogens is 626 g/mol. The molecule has 5 aliphatic rings. The molecule has 3 saturated carbocycles. The maximum Gasteiger partial charge on any atom is 0.366 e. The van der Waals surface area contributed by atoms with Crippen molar-refractivity contribution >= 4 is 39.4 Å². The lowest BCUT2D eigenvalue weighted by Gasteiger charge is -2.67. The topological polar surface area (TPSA) is 108 Å². The number of nitrogens with zero attached hydrogens (tertiary/aromatic N) is 1. The van der Waals surface area contributed by atoms with Crippen LogP contribution < -0.4 is 0 Å². The standard InChI is InChI=1S/C35H38BrNO7/c1-19(38)42-26-17-24-31(2,3)25(39)12-14-32(24,4)23-11-15-33(5)27(20-13-16-41-18-20)28(29-35(33,43-29)34(23,26)6)37-44-30(40)21-9-7-8-10-22(21)36/h7-10,12-14,16,18,23-24,26-27,29H,11,15,17H2,1-6H3/b37-28+/t23-,24+,26-,27-,29-,32-,33+,34+,35-/m1/s1. The second kappa shape index (κ2) is 9.49. The minimum atomic E-state index is -0.753. The third kappa shape index (κ3) is 3.60. The number of oxime groups is 1. The average molecular weight is 665 g/mol. The van der Waals surface area contributed by atoms with Crippen LogP contribution in [0.3, 0.4) is 0 Å². The fourth-order valence-corrected chi connectivity index (χ4v) is 10.9. The molecule has 8 nitrogen and oxygen atoms in total. The number of ether oxygens (including phenoxy) is 2. The Kier molecular flexibility index (Phi) is 6.39. The molecule has 1 aromatic heterocycles. The normalized spacial score (nSPS) is 42.1. The number of carbonyl (C=O) groups is 3. The van der Waals surface area contributed by atoms with E-state index in [1.165, 1.54) is 6.92 Å². The molecule has 9 heteroatoms. The summed E-state index contributed by atoms with van der Waals surface area (Å²) in [5.74, 6) is -1.03. The number of hydrogen-bond acceptors (Lipinski definition) is 8. The summed E-state index contributed by atoms with van der Waals surface area (Å²) in [6.07, 6.45) is 8.49. The Bertz CT molecular complexity index is 1630. The predicted octanol–water partition coefficient (Wildman–Crippen LogP) is 7.04. The summed E-state index contributed by atoms with van der Waals surface area (Å²) in [5.41, 5.74) is -0.839. The molecule has 1 aliphatic heterocycles. The van der Waals surface area contributed by atoms with Crippen LogP contribution in [0.5, 0.6) is 0 Å². The fraction of sp³-hybridized carbons (Fsp3) is 0.543. The van der Waals surface area contributed by atoms with Gasteiger partial charge in [-0.25, -0.2) is 4.79 Å². The van der Waals surface area contributed by atoms with E-state index < -0.39 is 40.0 Å². The number of carbonyl (C=O) groups excluding carboxylic acids is 3. The van der Waals surface area contributed by atoms with Crippen LogP contribution in [0.2, 0.25) is 0 Å². The zero-order valence-corrected chi connectivity index (χ0v) is 27.5. The number of benzene rings is 1. The number of furan rings is 1. The molecule has 44 heavy (non-hydrogen) atoms. The molecule has 7 rings (SSSR count). The van der Waals surface area contributed by atoms with Gasteiger partial charge in [0.2, 0.25) is 0 Å². The Labute approximate surface area is 265 Å². The number of allylic oxidation sites excluding steroid dienone is 2. The highest BCUT2D eigenvalue weighted by Crippen LogP contribution is 2.81. The van der Waals surface area contributed by atoms with E-state index in [0.717, 1.165) is 18.4 Å². The Hall–Kier alpha value is -3.04. The summed E-state index contributed by atoms with van der Waals surface area (Å²) in [7, 11) is 0. The van der Waals surface area contributed by atoms with E-state index in [4.69, 9.17) is 18.7 Å². The minimum Gasteiger partial charge on any atom is -0.472 e. The summed E-state index contributed by atoms with van der Waals surface area (Å²) in [6.45, 7) is 12.2. The van der Waals surface area contributed by atoms with E-state index in [1.807, 2.05) is 26.0 Å². The lowest BCUT2D eigenvalue weighted by molar-refractivity contribution is -0.231. The Balaban J connectivity index is 1.37. The van der Waals surface area contributed by atoms with Crippen LogP contribution in [0.1, 0.15) is 82.6 Å². The molecule has 2 heterocycles. The van der Waals surface area contributed by atoms with Crippen LogP contribution >= 0.6 is 15.9 Å². The molecule has 232 valence electrons. The number of fused-ring (bicyclic) bond motifs is 3. The zero-order valence-electron chi connectivity index (χ0n) is 25.9.